The number of halogens is 1. The Morgan fingerprint density at radius 1 is 1.39 bits per heavy atom. The number of carbonyl (C=O) groups is 2. The van der Waals surface area contributed by atoms with E-state index in [2.05, 4.69) is 29.5 Å². The minimum Gasteiger partial charge on any atom is -0.431 e. The standard InChI is InChI=1S/C15H18ClN3O3S/c1-9(2)5-6-17-14(21)19-13(20)8-23-15-18-11-4-3-10(16)7-12(11)22-15/h3-4,7,9H,5-6,8H2,1-2H3,(H2,17,19,20,21). The number of aromatic nitrogens is 1. The molecule has 8 heteroatoms. The monoisotopic (exact) mass is 355 g/mol. The van der Waals surface area contributed by atoms with Crippen LogP contribution in [-0.2, 0) is 4.79 Å². The lowest BCUT2D eigenvalue weighted by Crippen LogP contribution is -2.40. The number of carbonyl (C=O) groups excluding carboxylic acids is 2. The summed E-state index contributed by atoms with van der Waals surface area (Å²) < 4.78 is 5.48. The van der Waals surface area contributed by atoms with Gasteiger partial charge in [-0.15, -0.1) is 0 Å². The van der Waals surface area contributed by atoms with Crippen molar-refractivity contribution in [2.24, 2.45) is 5.92 Å². The Bertz CT molecular complexity index is 702. The molecule has 1 heterocycles. The van der Waals surface area contributed by atoms with E-state index in [0.29, 0.717) is 33.8 Å². The van der Waals surface area contributed by atoms with Crippen molar-refractivity contribution in [2.75, 3.05) is 12.3 Å². The largest absolute Gasteiger partial charge is 0.431 e. The lowest BCUT2D eigenvalue weighted by atomic mass is 10.1. The van der Waals surface area contributed by atoms with E-state index in [9.17, 15) is 9.59 Å². The Kier molecular flexibility index (Phi) is 6.29. The van der Waals surface area contributed by atoms with Crippen molar-refractivity contribution in [1.29, 1.82) is 0 Å². The summed E-state index contributed by atoms with van der Waals surface area (Å²) in [5, 5.41) is 5.82. The topological polar surface area (TPSA) is 84.2 Å². The number of hydrogen-bond acceptors (Lipinski definition) is 5. The van der Waals surface area contributed by atoms with Gasteiger partial charge in [0.25, 0.3) is 5.22 Å². The fourth-order valence-corrected chi connectivity index (χ4v) is 2.55. The lowest BCUT2D eigenvalue weighted by Gasteiger charge is -2.07. The molecule has 2 N–H and O–H groups in total. The van der Waals surface area contributed by atoms with Gasteiger partial charge < -0.3 is 9.73 Å². The molecule has 0 bridgehead atoms. The Hall–Kier alpha value is -1.73. The number of rotatable bonds is 6. The second-order valence-electron chi connectivity index (χ2n) is 5.37. The molecular weight excluding hydrogens is 338 g/mol. The Morgan fingerprint density at radius 2 is 2.17 bits per heavy atom. The van der Waals surface area contributed by atoms with Gasteiger partial charge in [0.15, 0.2) is 5.58 Å². The molecule has 0 aliphatic carbocycles. The predicted octanol–water partition coefficient (Wildman–Crippen LogP) is 3.45. The van der Waals surface area contributed by atoms with Crippen LogP contribution in [0.15, 0.2) is 27.8 Å². The molecule has 0 aliphatic heterocycles. The second kappa shape index (κ2) is 8.21. The van der Waals surface area contributed by atoms with Crippen molar-refractivity contribution in [2.45, 2.75) is 25.5 Å². The van der Waals surface area contributed by atoms with Crippen LogP contribution in [-0.4, -0.2) is 29.2 Å². The van der Waals surface area contributed by atoms with Gasteiger partial charge in [-0.25, -0.2) is 9.78 Å². The molecule has 0 unspecified atom stereocenters. The van der Waals surface area contributed by atoms with Crippen molar-refractivity contribution < 1.29 is 14.0 Å². The van der Waals surface area contributed by atoms with E-state index in [4.69, 9.17) is 16.0 Å². The minimum atomic E-state index is -0.486. The first-order chi connectivity index (χ1) is 10.9. The van der Waals surface area contributed by atoms with Gasteiger partial charge in [0.1, 0.15) is 5.52 Å². The van der Waals surface area contributed by atoms with E-state index < -0.39 is 11.9 Å². The van der Waals surface area contributed by atoms with E-state index >= 15 is 0 Å². The summed E-state index contributed by atoms with van der Waals surface area (Å²) >= 11 is 6.99. The van der Waals surface area contributed by atoms with Gasteiger partial charge in [0.2, 0.25) is 5.91 Å². The molecule has 0 fully saturated rings. The van der Waals surface area contributed by atoms with Crippen LogP contribution in [0, 0.1) is 5.92 Å². The van der Waals surface area contributed by atoms with Crippen LogP contribution in [0.3, 0.4) is 0 Å². The molecule has 0 saturated heterocycles. The van der Waals surface area contributed by atoms with Gasteiger partial charge in [0, 0.05) is 17.6 Å². The number of thioether (sulfide) groups is 1. The highest BCUT2D eigenvalue weighted by molar-refractivity contribution is 7.99. The minimum absolute atomic E-state index is 0.0398. The smallest absolute Gasteiger partial charge is 0.321 e. The Labute approximate surface area is 143 Å². The van der Waals surface area contributed by atoms with Crippen LogP contribution in [0.25, 0.3) is 11.1 Å². The third-order valence-corrected chi connectivity index (χ3v) is 3.98. The van der Waals surface area contributed by atoms with E-state index in [1.807, 2.05) is 0 Å². The average molecular weight is 356 g/mol. The number of urea groups is 1. The average Bonchev–Trinajstić information content (AvgIpc) is 2.86. The first-order valence-electron chi connectivity index (χ1n) is 7.20. The second-order valence-corrected chi connectivity index (χ2v) is 6.73. The van der Waals surface area contributed by atoms with E-state index in [1.54, 1.807) is 18.2 Å². The molecule has 6 nitrogen and oxygen atoms in total. The first kappa shape index (κ1) is 17.6. The highest BCUT2D eigenvalue weighted by Gasteiger charge is 2.12. The maximum atomic E-state index is 11.7. The molecule has 23 heavy (non-hydrogen) atoms. The molecule has 0 radical (unpaired) electrons. The highest BCUT2D eigenvalue weighted by Crippen LogP contribution is 2.25. The summed E-state index contributed by atoms with van der Waals surface area (Å²) in [6, 6.07) is 4.64. The summed E-state index contributed by atoms with van der Waals surface area (Å²) in [4.78, 5) is 27.5. The number of amides is 3. The van der Waals surface area contributed by atoms with Crippen molar-refractivity contribution in [3.8, 4) is 0 Å². The van der Waals surface area contributed by atoms with Crippen LogP contribution in [0.2, 0.25) is 5.02 Å². The zero-order valence-corrected chi connectivity index (χ0v) is 14.5. The molecule has 3 amide bonds. The zero-order chi connectivity index (χ0) is 16.8. The van der Waals surface area contributed by atoms with E-state index in [-0.39, 0.29) is 5.75 Å². The molecule has 0 spiro atoms. The summed E-state index contributed by atoms with van der Waals surface area (Å²) in [6.07, 6.45) is 0.863. The quantitative estimate of drug-likeness (QED) is 0.775. The molecular formula is C15H18ClN3O3S. The molecule has 0 aliphatic rings. The molecule has 1 aromatic heterocycles. The number of nitrogens with zero attached hydrogens (tertiary/aromatic N) is 1. The van der Waals surface area contributed by atoms with Gasteiger partial charge in [-0.3, -0.25) is 10.1 Å². The number of imide groups is 1. The number of benzene rings is 1. The molecule has 0 atom stereocenters. The number of hydrogen-bond donors (Lipinski definition) is 2. The SMILES string of the molecule is CC(C)CCNC(=O)NC(=O)CSc1nc2ccc(Cl)cc2o1. The van der Waals surface area contributed by atoms with E-state index in [0.717, 1.165) is 18.2 Å². The summed E-state index contributed by atoms with van der Waals surface area (Å²) in [5.74, 6) is 0.129. The fraction of sp³-hybridized carbons (Fsp3) is 0.400. The van der Waals surface area contributed by atoms with Gasteiger partial charge in [-0.1, -0.05) is 37.2 Å². The van der Waals surface area contributed by atoms with Crippen molar-refractivity contribution >= 4 is 46.4 Å². The van der Waals surface area contributed by atoms with Gasteiger partial charge in [0.05, 0.1) is 5.75 Å². The van der Waals surface area contributed by atoms with Crippen LogP contribution >= 0.6 is 23.4 Å². The van der Waals surface area contributed by atoms with Gasteiger partial charge in [-0.05, 0) is 24.5 Å². The van der Waals surface area contributed by atoms with Crippen LogP contribution in [0.5, 0.6) is 0 Å². The maximum Gasteiger partial charge on any atom is 0.321 e. The van der Waals surface area contributed by atoms with E-state index in [1.165, 1.54) is 0 Å². The number of oxazole rings is 1. The number of fused-ring (bicyclic) bond motifs is 1. The first-order valence-corrected chi connectivity index (χ1v) is 8.57. The fourth-order valence-electron chi connectivity index (χ4n) is 1.75. The van der Waals surface area contributed by atoms with Crippen molar-refractivity contribution in [3.05, 3.63) is 23.2 Å². The van der Waals surface area contributed by atoms with Crippen LogP contribution in [0.4, 0.5) is 4.79 Å². The highest BCUT2D eigenvalue weighted by atomic mass is 35.5. The molecule has 2 aromatic rings. The lowest BCUT2D eigenvalue weighted by molar-refractivity contribution is -0.117. The van der Waals surface area contributed by atoms with Gasteiger partial charge in [-0.2, -0.15) is 0 Å². The van der Waals surface area contributed by atoms with Crippen molar-refractivity contribution in [3.63, 3.8) is 0 Å². The Morgan fingerprint density at radius 3 is 2.91 bits per heavy atom. The van der Waals surface area contributed by atoms with Crippen molar-refractivity contribution in [1.82, 2.24) is 15.6 Å². The molecule has 124 valence electrons. The van der Waals surface area contributed by atoms with Crippen LogP contribution in [0.1, 0.15) is 20.3 Å². The Balaban J connectivity index is 1.78. The summed E-state index contributed by atoms with van der Waals surface area (Å²) in [6.45, 7) is 4.67. The molecule has 0 saturated carbocycles. The summed E-state index contributed by atoms with van der Waals surface area (Å²) in [7, 11) is 0. The van der Waals surface area contributed by atoms with Crippen LogP contribution < -0.4 is 10.6 Å². The van der Waals surface area contributed by atoms with Gasteiger partial charge >= 0.3 is 6.03 Å². The number of nitrogens with one attached hydrogen (secondary N) is 2. The third kappa shape index (κ3) is 5.76. The maximum absolute atomic E-state index is 11.7. The predicted molar refractivity (Wildman–Crippen MR) is 90.7 cm³/mol. The third-order valence-electron chi connectivity index (χ3n) is 2.92. The summed E-state index contributed by atoms with van der Waals surface area (Å²) in [5.41, 5.74) is 1.23. The normalized spacial score (nSPS) is 11.0. The molecule has 2 rings (SSSR count). The zero-order valence-electron chi connectivity index (χ0n) is 12.9. The molecule has 1 aromatic carbocycles.